The van der Waals surface area contributed by atoms with Crippen molar-refractivity contribution in [3.8, 4) is 0 Å². The van der Waals surface area contributed by atoms with Crippen molar-refractivity contribution in [2.45, 2.75) is 13.8 Å². The number of carbonyl (C=O) groups is 1. The Morgan fingerprint density at radius 1 is 1.11 bits per heavy atom. The molecular formula is C16H16FNO. The molecule has 0 aliphatic heterocycles. The fourth-order valence-electron chi connectivity index (χ4n) is 2.00. The van der Waals surface area contributed by atoms with Gasteiger partial charge in [0.25, 0.3) is 5.91 Å². The molecule has 1 amide bonds. The summed E-state index contributed by atoms with van der Waals surface area (Å²) in [6.45, 7) is 3.71. The quantitative estimate of drug-likeness (QED) is 0.803. The Morgan fingerprint density at radius 3 is 2.47 bits per heavy atom. The van der Waals surface area contributed by atoms with Crippen LogP contribution < -0.4 is 4.90 Å². The van der Waals surface area contributed by atoms with Gasteiger partial charge in [-0.1, -0.05) is 12.1 Å². The topological polar surface area (TPSA) is 20.3 Å². The summed E-state index contributed by atoms with van der Waals surface area (Å²) in [6, 6.07) is 11.9. The van der Waals surface area contributed by atoms with E-state index >= 15 is 0 Å². The minimum Gasteiger partial charge on any atom is -0.311 e. The number of aryl methyl sites for hydroxylation is 2. The Balaban J connectivity index is 2.33. The van der Waals surface area contributed by atoms with Gasteiger partial charge in [0.05, 0.1) is 0 Å². The van der Waals surface area contributed by atoms with Crippen molar-refractivity contribution in [3.63, 3.8) is 0 Å². The predicted octanol–water partition coefficient (Wildman–Crippen LogP) is 3.72. The molecule has 0 aliphatic carbocycles. The maximum atomic E-state index is 13.1. The first-order valence-electron chi connectivity index (χ1n) is 6.10. The van der Waals surface area contributed by atoms with Crippen LogP contribution in [0, 0.1) is 19.7 Å². The van der Waals surface area contributed by atoms with Gasteiger partial charge in [-0.25, -0.2) is 4.39 Å². The summed E-state index contributed by atoms with van der Waals surface area (Å²) in [5.74, 6) is -0.463. The van der Waals surface area contributed by atoms with Crippen LogP contribution in [0.4, 0.5) is 10.1 Å². The van der Waals surface area contributed by atoms with E-state index in [1.54, 1.807) is 18.9 Å². The molecule has 0 saturated heterocycles. The SMILES string of the molecule is Cc1cccc(N(C)C(=O)c2ccc(F)cc2C)c1. The van der Waals surface area contributed by atoms with Crippen LogP contribution >= 0.6 is 0 Å². The molecule has 0 heterocycles. The van der Waals surface area contributed by atoms with Crippen molar-refractivity contribution in [2.24, 2.45) is 0 Å². The molecule has 0 aromatic heterocycles. The second-order valence-corrected chi connectivity index (χ2v) is 4.66. The number of benzene rings is 2. The molecule has 3 heteroatoms. The molecule has 0 radical (unpaired) electrons. The lowest BCUT2D eigenvalue weighted by atomic mass is 10.1. The molecule has 0 saturated carbocycles. The van der Waals surface area contributed by atoms with Gasteiger partial charge in [0.2, 0.25) is 0 Å². The molecule has 0 bridgehead atoms. The number of carbonyl (C=O) groups excluding carboxylic acids is 1. The largest absolute Gasteiger partial charge is 0.311 e. The lowest BCUT2D eigenvalue weighted by Gasteiger charge is -2.19. The van der Waals surface area contributed by atoms with Crippen LogP contribution in [0.15, 0.2) is 42.5 Å². The molecule has 0 atom stereocenters. The Morgan fingerprint density at radius 2 is 1.84 bits per heavy atom. The number of amides is 1. The van der Waals surface area contributed by atoms with Gasteiger partial charge < -0.3 is 4.90 Å². The fourth-order valence-corrected chi connectivity index (χ4v) is 2.00. The average molecular weight is 257 g/mol. The van der Waals surface area contributed by atoms with Crippen molar-refractivity contribution in [2.75, 3.05) is 11.9 Å². The molecule has 0 N–H and O–H groups in total. The van der Waals surface area contributed by atoms with E-state index in [0.29, 0.717) is 11.1 Å². The zero-order valence-corrected chi connectivity index (χ0v) is 11.3. The van der Waals surface area contributed by atoms with E-state index < -0.39 is 0 Å². The summed E-state index contributed by atoms with van der Waals surface area (Å²) >= 11 is 0. The normalized spacial score (nSPS) is 10.3. The molecule has 0 spiro atoms. The summed E-state index contributed by atoms with van der Waals surface area (Å²) in [5.41, 5.74) is 3.08. The van der Waals surface area contributed by atoms with Crippen LogP contribution in [0.2, 0.25) is 0 Å². The molecule has 19 heavy (non-hydrogen) atoms. The van der Waals surface area contributed by atoms with Crippen molar-refractivity contribution < 1.29 is 9.18 Å². The number of hydrogen-bond acceptors (Lipinski definition) is 1. The highest BCUT2D eigenvalue weighted by Gasteiger charge is 2.15. The first-order chi connectivity index (χ1) is 8.99. The first-order valence-corrected chi connectivity index (χ1v) is 6.10. The van der Waals surface area contributed by atoms with Gasteiger partial charge in [-0.05, 0) is 55.3 Å². The smallest absolute Gasteiger partial charge is 0.258 e. The van der Waals surface area contributed by atoms with Crippen LogP contribution in [0.25, 0.3) is 0 Å². The molecule has 2 aromatic rings. The molecular weight excluding hydrogens is 241 g/mol. The van der Waals surface area contributed by atoms with E-state index in [4.69, 9.17) is 0 Å². The minimum absolute atomic E-state index is 0.136. The van der Waals surface area contributed by atoms with E-state index in [9.17, 15) is 9.18 Å². The van der Waals surface area contributed by atoms with Gasteiger partial charge in [-0.15, -0.1) is 0 Å². The Bertz CT molecular complexity index is 622. The number of hydrogen-bond donors (Lipinski definition) is 0. The first kappa shape index (κ1) is 13.3. The van der Waals surface area contributed by atoms with E-state index in [2.05, 4.69) is 0 Å². The Hall–Kier alpha value is -2.16. The minimum atomic E-state index is -0.327. The average Bonchev–Trinajstić information content (AvgIpc) is 2.37. The van der Waals surface area contributed by atoms with Crippen molar-refractivity contribution in [1.29, 1.82) is 0 Å². The van der Waals surface area contributed by atoms with Crippen LogP contribution in [0.1, 0.15) is 21.5 Å². The number of halogens is 1. The van der Waals surface area contributed by atoms with Crippen molar-refractivity contribution >= 4 is 11.6 Å². The third kappa shape index (κ3) is 2.81. The zero-order chi connectivity index (χ0) is 14.0. The second-order valence-electron chi connectivity index (χ2n) is 4.66. The predicted molar refractivity (Wildman–Crippen MR) is 75.0 cm³/mol. The molecule has 2 nitrogen and oxygen atoms in total. The maximum Gasteiger partial charge on any atom is 0.258 e. The highest BCUT2D eigenvalue weighted by Crippen LogP contribution is 2.19. The third-order valence-electron chi connectivity index (χ3n) is 3.11. The van der Waals surface area contributed by atoms with Gasteiger partial charge >= 0.3 is 0 Å². The second kappa shape index (κ2) is 5.22. The molecule has 0 aliphatic rings. The van der Waals surface area contributed by atoms with Gasteiger partial charge in [0, 0.05) is 18.3 Å². The highest BCUT2D eigenvalue weighted by atomic mass is 19.1. The summed E-state index contributed by atoms with van der Waals surface area (Å²) in [7, 11) is 1.72. The lowest BCUT2D eigenvalue weighted by Crippen LogP contribution is -2.27. The van der Waals surface area contributed by atoms with E-state index in [1.807, 2.05) is 31.2 Å². The fraction of sp³-hybridized carbons (Fsp3) is 0.188. The summed E-state index contributed by atoms with van der Waals surface area (Å²) in [6.07, 6.45) is 0. The zero-order valence-electron chi connectivity index (χ0n) is 11.3. The summed E-state index contributed by atoms with van der Waals surface area (Å²) < 4.78 is 13.1. The summed E-state index contributed by atoms with van der Waals surface area (Å²) in [5, 5.41) is 0. The van der Waals surface area contributed by atoms with Gasteiger partial charge in [0.1, 0.15) is 5.82 Å². The molecule has 0 unspecified atom stereocenters. The Labute approximate surface area is 112 Å². The van der Waals surface area contributed by atoms with E-state index in [0.717, 1.165) is 11.3 Å². The standard InChI is InChI=1S/C16H16FNO/c1-11-5-4-6-14(9-11)18(3)16(19)15-8-7-13(17)10-12(15)2/h4-10H,1-3H3. The molecule has 98 valence electrons. The van der Waals surface area contributed by atoms with Crippen LogP contribution in [0.3, 0.4) is 0 Å². The lowest BCUT2D eigenvalue weighted by molar-refractivity contribution is 0.0992. The van der Waals surface area contributed by atoms with Gasteiger partial charge in [-0.2, -0.15) is 0 Å². The maximum absolute atomic E-state index is 13.1. The third-order valence-corrected chi connectivity index (χ3v) is 3.11. The van der Waals surface area contributed by atoms with E-state index in [-0.39, 0.29) is 11.7 Å². The monoisotopic (exact) mass is 257 g/mol. The highest BCUT2D eigenvalue weighted by molar-refractivity contribution is 6.06. The van der Waals surface area contributed by atoms with Gasteiger partial charge in [-0.3, -0.25) is 4.79 Å². The van der Waals surface area contributed by atoms with Crippen molar-refractivity contribution in [1.82, 2.24) is 0 Å². The molecule has 0 fully saturated rings. The van der Waals surface area contributed by atoms with Gasteiger partial charge in [0.15, 0.2) is 0 Å². The molecule has 2 aromatic carbocycles. The van der Waals surface area contributed by atoms with Crippen LogP contribution in [-0.2, 0) is 0 Å². The van der Waals surface area contributed by atoms with Crippen molar-refractivity contribution in [3.05, 3.63) is 65.0 Å². The number of anilines is 1. The summed E-state index contributed by atoms with van der Waals surface area (Å²) in [4.78, 5) is 14.0. The van der Waals surface area contributed by atoms with Crippen LogP contribution in [-0.4, -0.2) is 13.0 Å². The number of nitrogens with zero attached hydrogens (tertiary/aromatic N) is 1. The molecule has 2 rings (SSSR count). The number of rotatable bonds is 2. The van der Waals surface area contributed by atoms with E-state index in [1.165, 1.54) is 18.2 Å². The van der Waals surface area contributed by atoms with Crippen LogP contribution in [0.5, 0.6) is 0 Å². The Kier molecular flexibility index (Phi) is 3.65.